The molecule has 0 amide bonds. The van der Waals surface area contributed by atoms with Crippen LogP contribution in [0.2, 0.25) is 0 Å². The van der Waals surface area contributed by atoms with Gasteiger partial charge in [0.1, 0.15) is 0 Å². The van der Waals surface area contributed by atoms with E-state index in [0.29, 0.717) is 24.2 Å². The first-order chi connectivity index (χ1) is 10.1. The van der Waals surface area contributed by atoms with Crippen LogP contribution in [0.5, 0.6) is 0 Å². The molecule has 4 nitrogen and oxygen atoms in total. The van der Waals surface area contributed by atoms with E-state index in [2.05, 4.69) is 6.92 Å². The first-order valence-corrected chi connectivity index (χ1v) is 7.17. The van der Waals surface area contributed by atoms with Crippen LogP contribution in [0.25, 0.3) is 0 Å². The van der Waals surface area contributed by atoms with Gasteiger partial charge in [-0.2, -0.15) is 0 Å². The van der Waals surface area contributed by atoms with Crippen LogP contribution in [0.15, 0.2) is 36.4 Å². The van der Waals surface area contributed by atoms with Gasteiger partial charge in [0.05, 0.1) is 11.6 Å². The Morgan fingerprint density at radius 1 is 1.29 bits per heavy atom. The molecule has 4 heteroatoms. The van der Waals surface area contributed by atoms with E-state index < -0.39 is 11.9 Å². The summed E-state index contributed by atoms with van der Waals surface area (Å²) in [6.45, 7) is 2.64. The summed E-state index contributed by atoms with van der Waals surface area (Å²) in [5, 5.41) is 9.19. The predicted molar refractivity (Wildman–Crippen MR) is 78.7 cm³/mol. The largest absolute Gasteiger partial charge is 0.481 e. The van der Waals surface area contributed by atoms with Crippen LogP contribution in [0.4, 0.5) is 0 Å². The summed E-state index contributed by atoms with van der Waals surface area (Å²) in [7, 11) is 0. The molecule has 1 aromatic heterocycles. The van der Waals surface area contributed by atoms with Crippen molar-refractivity contribution in [3.05, 3.63) is 58.9 Å². The van der Waals surface area contributed by atoms with Crippen molar-refractivity contribution in [1.82, 2.24) is 4.57 Å². The molecule has 2 aromatic rings. The number of carboxylic acid groups (broad SMARTS) is 1. The highest BCUT2D eigenvalue weighted by Crippen LogP contribution is 2.31. The Bertz CT molecular complexity index is 715. The molecule has 2 heterocycles. The smallest absolute Gasteiger partial charge is 0.312 e. The molecule has 0 bridgehead atoms. The number of carbonyl (C=O) groups excluding carboxylic acids is 1. The van der Waals surface area contributed by atoms with Crippen LogP contribution < -0.4 is 0 Å². The monoisotopic (exact) mass is 283 g/mol. The van der Waals surface area contributed by atoms with Crippen molar-refractivity contribution in [2.75, 3.05) is 0 Å². The molecular weight excluding hydrogens is 266 g/mol. The first-order valence-electron chi connectivity index (χ1n) is 7.17. The van der Waals surface area contributed by atoms with Gasteiger partial charge in [-0.25, -0.2) is 0 Å². The molecular formula is C17H17NO3. The minimum Gasteiger partial charge on any atom is -0.481 e. The molecule has 0 saturated carbocycles. The number of nitrogens with zero attached hydrogens (tertiary/aromatic N) is 1. The van der Waals surface area contributed by atoms with Gasteiger partial charge in [-0.1, -0.05) is 25.1 Å². The number of aromatic nitrogens is 1. The summed E-state index contributed by atoms with van der Waals surface area (Å²) in [4.78, 5) is 23.8. The van der Waals surface area contributed by atoms with Crippen LogP contribution in [0, 0.1) is 0 Å². The van der Waals surface area contributed by atoms with Crippen LogP contribution >= 0.6 is 0 Å². The van der Waals surface area contributed by atoms with Gasteiger partial charge in [-0.05, 0) is 36.6 Å². The average molecular weight is 283 g/mol. The number of aliphatic carboxylic acids is 1. The molecule has 21 heavy (non-hydrogen) atoms. The number of rotatable bonds is 4. The minimum atomic E-state index is -0.821. The summed E-state index contributed by atoms with van der Waals surface area (Å²) in [6, 6.07) is 11.1. The van der Waals surface area contributed by atoms with E-state index >= 15 is 0 Å². The van der Waals surface area contributed by atoms with Crippen molar-refractivity contribution >= 4 is 11.8 Å². The van der Waals surface area contributed by atoms with E-state index in [1.165, 1.54) is 0 Å². The standard InChI is InChI=1S/C17H17NO3/c1-2-11-4-3-5-12(10-11)16(19)15-7-6-14-13(17(20)21)8-9-18(14)15/h3-7,10,13H,2,8-9H2,1H3,(H,20,21). The Morgan fingerprint density at radius 3 is 2.81 bits per heavy atom. The lowest BCUT2D eigenvalue weighted by molar-refractivity contribution is -0.138. The van der Waals surface area contributed by atoms with Crippen molar-refractivity contribution in [1.29, 1.82) is 0 Å². The second-order valence-corrected chi connectivity index (χ2v) is 5.36. The highest BCUT2D eigenvalue weighted by atomic mass is 16.4. The highest BCUT2D eigenvalue weighted by Gasteiger charge is 2.31. The molecule has 0 spiro atoms. The topological polar surface area (TPSA) is 59.3 Å². The lowest BCUT2D eigenvalue weighted by atomic mass is 10.0. The van der Waals surface area contributed by atoms with E-state index in [1.807, 2.05) is 28.8 Å². The average Bonchev–Trinajstić information content (AvgIpc) is 3.07. The van der Waals surface area contributed by atoms with Gasteiger partial charge >= 0.3 is 5.97 Å². The number of hydrogen-bond acceptors (Lipinski definition) is 2. The maximum Gasteiger partial charge on any atom is 0.312 e. The predicted octanol–water partition coefficient (Wildman–Crippen LogP) is 2.85. The van der Waals surface area contributed by atoms with Gasteiger partial charge in [-0.3, -0.25) is 9.59 Å². The van der Waals surface area contributed by atoms with Crippen LogP contribution in [0.1, 0.15) is 46.6 Å². The fourth-order valence-electron chi connectivity index (χ4n) is 2.97. The second-order valence-electron chi connectivity index (χ2n) is 5.36. The fourth-order valence-corrected chi connectivity index (χ4v) is 2.97. The summed E-state index contributed by atoms with van der Waals surface area (Å²) < 4.78 is 1.85. The molecule has 0 radical (unpaired) electrons. The highest BCUT2D eigenvalue weighted by molar-refractivity contribution is 6.08. The van der Waals surface area contributed by atoms with Gasteiger partial charge < -0.3 is 9.67 Å². The van der Waals surface area contributed by atoms with Crippen molar-refractivity contribution < 1.29 is 14.7 Å². The number of carbonyl (C=O) groups is 2. The Labute approximate surface area is 123 Å². The van der Waals surface area contributed by atoms with E-state index in [0.717, 1.165) is 17.7 Å². The van der Waals surface area contributed by atoms with E-state index in [4.69, 9.17) is 0 Å². The van der Waals surface area contributed by atoms with E-state index in [-0.39, 0.29) is 5.78 Å². The van der Waals surface area contributed by atoms with Crippen LogP contribution in [0.3, 0.4) is 0 Å². The maximum atomic E-state index is 12.6. The molecule has 1 N–H and O–H groups in total. The first kappa shape index (κ1) is 13.6. The number of ketones is 1. The molecule has 3 rings (SSSR count). The lowest BCUT2D eigenvalue weighted by Gasteiger charge is -2.06. The fraction of sp³-hybridized carbons (Fsp3) is 0.294. The number of hydrogen-bond donors (Lipinski definition) is 1. The normalized spacial score (nSPS) is 16.7. The Morgan fingerprint density at radius 2 is 2.10 bits per heavy atom. The quantitative estimate of drug-likeness (QED) is 0.878. The zero-order valence-electron chi connectivity index (χ0n) is 11.9. The van der Waals surface area contributed by atoms with Crippen molar-refractivity contribution in [3.8, 4) is 0 Å². The molecule has 0 aliphatic carbocycles. The van der Waals surface area contributed by atoms with Crippen molar-refractivity contribution in [2.45, 2.75) is 32.2 Å². The summed E-state index contributed by atoms with van der Waals surface area (Å²) in [6.07, 6.45) is 1.44. The van der Waals surface area contributed by atoms with Gasteiger partial charge in [0.25, 0.3) is 0 Å². The van der Waals surface area contributed by atoms with Crippen LogP contribution in [-0.4, -0.2) is 21.4 Å². The third kappa shape index (κ3) is 2.27. The minimum absolute atomic E-state index is 0.0393. The maximum absolute atomic E-state index is 12.6. The Kier molecular flexibility index (Phi) is 3.37. The Hall–Kier alpha value is -2.36. The van der Waals surface area contributed by atoms with Crippen molar-refractivity contribution in [2.24, 2.45) is 0 Å². The number of aryl methyl sites for hydroxylation is 1. The third-order valence-electron chi connectivity index (χ3n) is 4.14. The molecule has 0 saturated heterocycles. The molecule has 1 atom stereocenters. The second kappa shape index (κ2) is 5.20. The van der Waals surface area contributed by atoms with Gasteiger partial charge in [0, 0.05) is 17.8 Å². The molecule has 1 aromatic carbocycles. The number of fused-ring (bicyclic) bond motifs is 1. The van der Waals surface area contributed by atoms with E-state index in [9.17, 15) is 14.7 Å². The SMILES string of the molecule is CCc1cccc(C(=O)c2ccc3n2CCC3C(=O)O)c1. The molecule has 0 fully saturated rings. The number of benzene rings is 1. The summed E-state index contributed by atoms with van der Waals surface area (Å²) in [5.74, 6) is -1.35. The number of carboxylic acids is 1. The zero-order valence-corrected chi connectivity index (χ0v) is 11.9. The van der Waals surface area contributed by atoms with Crippen molar-refractivity contribution in [3.63, 3.8) is 0 Å². The molecule has 1 unspecified atom stereocenters. The molecule has 1 aliphatic heterocycles. The summed E-state index contributed by atoms with van der Waals surface area (Å²) in [5.41, 5.74) is 3.10. The van der Waals surface area contributed by atoms with E-state index in [1.54, 1.807) is 12.1 Å². The van der Waals surface area contributed by atoms with Gasteiger partial charge in [-0.15, -0.1) is 0 Å². The van der Waals surface area contributed by atoms with Gasteiger partial charge in [0.15, 0.2) is 0 Å². The molecule has 1 aliphatic rings. The Balaban J connectivity index is 1.97. The third-order valence-corrected chi connectivity index (χ3v) is 4.14. The zero-order chi connectivity index (χ0) is 15.0. The van der Waals surface area contributed by atoms with Crippen LogP contribution in [-0.2, 0) is 17.8 Å². The van der Waals surface area contributed by atoms with Gasteiger partial charge in [0.2, 0.25) is 5.78 Å². The molecule has 108 valence electrons. The summed E-state index contributed by atoms with van der Waals surface area (Å²) >= 11 is 0. The lowest BCUT2D eigenvalue weighted by Crippen LogP contribution is -2.10.